The van der Waals surface area contributed by atoms with Gasteiger partial charge < -0.3 is 15.1 Å². The van der Waals surface area contributed by atoms with Gasteiger partial charge in [-0.15, -0.1) is 24.0 Å². The maximum atomic E-state index is 4.75. The van der Waals surface area contributed by atoms with Gasteiger partial charge in [-0.1, -0.05) is 30.3 Å². The fourth-order valence-electron chi connectivity index (χ4n) is 2.41. The second-order valence-corrected chi connectivity index (χ2v) is 6.57. The van der Waals surface area contributed by atoms with Crippen LogP contribution in [0.25, 0.3) is 0 Å². The van der Waals surface area contributed by atoms with Crippen molar-refractivity contribution >= 4 is 29.9 Å². The zero-order valence-electron chi connectivity index (χ0n) is 14.9. The lowest BCUT2D eigenvalue weighted by Crippen LogP contribution is -2.45. The summed E-state index contributed by atoms with van der Waals surface area (Å²) in [5, 5.41) is 3.66. The molecule has 1 aromatic rings. The molecule has 1 rings (SSSR count). The fourth-order valence-corrected chi connectivity index (χ4v) is 2.41. The molecule has 1 atom stereocenters. The lowest BCUT2D eigenvalue weighted by molar-refractivity contribution is 0.352. The van der Waals surface area contributed by atoms with E-state index < -0.39 is 0 Å². The molecule has 0 heterocycles. The van der Waals surface area contributed by atoms with E-state index in [1.807, 2.05) is 44.1 Å². The van der Waals surface area contributed by atoms with Crippen molar-refractivity contribution in [1.82, 2.24) is 15.1 Å². The molecule has 0 aromatic heterocycles. The fraction of sp³-hybridized carbons (Fsp3) is 0.588. The van der Waals surface area contributed by atoms with Crippen molar-refractivity contribution in [2.45, 2.75) is 32.4 Å². The predicted molar refractivity (Wildman–Crippen MR) is 107 cm³/mol. The minimum atomic E-state index is -0.0630. The molecule has 0 radical (unpaired) electrons. The summed E-state index contributed by atoms with van der Waals surface area (Å²) in [6, 6.07) is 10.8. The van der Waals surface area contributed by atoms with E-state index in [0.717, 1.165) is 12.5 Å². The Morgan fingerprint density at radius 3 is 2.05 bits per heavy atom. The van der Waals surface area contributed by atoms with Gasteiger partial charge in [-0.3, -0.25) is 4.99 Å². The number of hydrogen-bond acceptors (Lipinski definition) is 2. The van der Waals surface area contributed by atoms with Crippen LogP contribution in [0, 0.1) is 0 Å². The SMILES string of the molecule is CC(NC(C)(C)CN=C(N(C)C)N(C)C)c1ccccc1.I. The molecule has 0 aliphatic carbocycles. The molecule has 0 fully saturated rings. The van der Waals surface area contributed by atoms with Crippen molar-refractivity contribution in [3.8, 4) is 0 Å². The molecule has 1 aromatic carbocycles. The van der Waals surface area contributed by atoms with Gasteiger partial charge >= 0.3 is 0 Å². The van der Waals surface area contributed by atoms with Crippen LogP contribution in [0.15, 0.2) is 35.3 Å². The first-order valence-corrected chi connectivity index (χ1v) is 7.44. The molecule has 0 amide bonds. The largest absolute Gasteiger partial charge is 0.349 e. The minimum absolute atomic E-state index is 0. The number of nitrogens with zero attached hydrogens (tertiary/aromatic N) is 3. The van der Waals surface area contributed by atoms with E-state index in [1.54, 1.807) is 0 Å². The highest BCUT2D eigenvalue weighted by molar-refractivity contribution is 14.0. The number of halogens is 1. The second kappa shape index (κ2) is 9.35. The Balaban J connectivity index is 0.00000441. The summed E-state index contributed by atoms with van der Waals surface area (Å²) in [5.41, 5.74) is 1.24. The van der Waals surface area contributed by atoms with Gasteiger partial charge in [0.1, 0.15) is 0 Å². The molecule has 126 valence electrons. The Hall–Kier alpha value is -0.820. The third-order valence-corrected chi connectivity index (χ3v) is 3.32. The van der Waals surface area contributed by atoms with E-state index in [0.29, 0.717) is 6.04 Å². The van der Waals surface area contributed by atoms with Crippen molar-refractivity contribution in [2.75, 3.05) is 34.7 Å². The van der Waals surface area contributed by atoms with Crippen LogP contribution in [0.2, 0.25) is 0 Å². The molecule has 0 aliphatic heterocycles. The van der Waals surface area contributed by atoms with Gasteiger partial charge in [0.25, 0.3) is 0 Å². The summed E-state index contributed by atoms with van der Waals surface area (Å²) in [6.45, 7) is 7.31. The quantitative estimate of drug-likeness (QED) is 0.453. The van der Waals surface area contributed by atoms with Crippen molar-refractivity contribution in [3.63, 3.8) is 0 Å². The van der Waals surface area contributed by atoms with Crippen LogP contribution in [-0.2, 0) is 0 Å². The first kappa shape index (κ1) is 21.2. The highest BCUT2D eigenvalue weighted by Gasteiger charge is 2.21. The highest BCUT2D eigenvalue weighted by atomic mass is 127. The standard InChI is InChI=1S/C17H30N4.HI/c1-14(15-11-9-8-10-12-15)19-17(2,3)13-18-16(20(4)5)21(6)7;/h8-12,14,19H,13H2,1-7H3;1H. The van der Waals surface area contributed by atoms with Gasteiger partial charge in [-0.2, -0.15) is 0 Å². The molecular formula is C17H31IN4. The van der Waals surface area contributed by atoms with Crippen LogP contribution < -0.4 is 5.32 Å². The van der Waals surface area contributed by atoms with Crippen LogP contribution in [0.5, 0.6) is 0 Å². The first-order valence-electron chi connectivity index (χ1n) is 7.44. The zero-order chi connectivity index (χ0) is 16.0. The zero-order valence-corrected chi connectivity index (χ0v) is 17.3. The summed E-state index contributed by atoms with van der Waals surface area (Å²) in [5.74, 6) is 0.984. The van der Waals surface area contributed by atoms with Gasteiger partial charge in [0.15, 0.2) is 5.96 Å². The third kappa shape index (κ3) is 6.96. The average Bonchev–Trinajstić information content (AvgIpc) is 2.38. The Morgan fingerprint density at radius 1 is 1.09 bits per heavy atom. The molecule has 4 nitrogen and oxygen atoms in total. The molecule has 0 aliphatic rings. The molecule has 0 saturated carbocycles. The number of hydrogen-bond donors (Lipinski definition) is 1. The van der Waals surface area contributed by atoms with E-state index in [1.165, 1.54) is 5.56 Å². The number of nitrogens with one attached hydrogen (secondary N) is 1. The van der Waals surface area contributed by atoms with Crippen molar-refractivity contribution in [1.29, 1.82) is 0 Å². The second-order valence-electron chi connectivity index (χ2n) is 6.57. The van der Waals surface area contributed by atoms with E-state index in [2.05, 4.69) is 50.4 Å². The van der Waals surface area contributed by atoms with Crippen LogP contribution in [0.3, 0.4) is 0 Å². The number of benzene rings is 1. The van der Waals surface area contributed by atoms with Crippen LogP contribution in [0.1, 0.15) is 32.4 Å². The average molecular weight is 418 g/mol. The van der Waals surface area contributed by atoms with Crippen LogP contribution in [0.4, 0.5) is 0 Å². The number of rotatable bonds is 5. The van der Waals surface area contributed by atoms with Gasteiger partial charge in [0.05, 0.1) is 6.54 Å². The van der Waals surface area contributed by atoms with Crippen molar-refractivity contribution in [2.24, 2.45) is 4.99 Å². The molecule has 5 heteroatoms. The topological polar surface area (TPSA) is 30.9 Å². The van der Waals surface area contributed by atoms with Crippen LogP contribution in [-0.4, -0.2) is 56.0 Å². The van der Waals surface area contributed by atoms with Gasteiger partial charge in [0, 0.05) is 39.8 Å². The minimum Gasteiger partial charge on any atom is -0.349 e. The number of guanidine groups is 1. The summed E-state index contributed by atoms with van der Waals surface area (Å²) in [7, 11) is 8.08. The van der Waals surface area contributed by atoms with E-state index >= 15 is 0 Å². The third-order valence-electron chi connectivity index (χ3n) is 3.32. The summed E-state index contributed by atoms with van der Waals surface area (Å²) >= 11 is 0. The van der Waals surface area contributed by atoms with E-state index in [4.69, 9.17) is 4.99 Å². The molecule has 0 bridgehead atoms. The van der Waals surface area contributed by atoms with Gasteiger partial charge in [0.2, 0.25) is 0 Å². The summed E-state index contributed by atoms with van der Waals surface area (Å²) < 4.78 is 0. The number of aliphatic imine (C=N–C) groups is 1. The predicted octanol–water partition coefficient (Wildman–Crippen LogP) is 3.21. The molecule has 0 saturated heterocycles. The van der Waals surface area contributed by atoms with Crippen LogP contribution >= 0.6 is 24.0 Å². The summed E-state index contributed by atoms with van der Waals surface area (Å²) in [4.78, 5) is 8.82. The molecule has 1 unspecified atom stereocenters. The maximum Gasteiger partial charge on any atom is 0.195 e. The monoisotopic (exact) mass is 418 g/mol. The molecular weight excluding hydrogens is 387 g/mol. The molecule has 0 spiro atoms. The maximum absolute atomic E-state index is 4.75. The smallest absolute Gasteiger partial charge is 0.195 e. The lowest BCUT2D eigenvalue weighted by atomic mass is 10.0. The molecule has 1 N–H and O–H groups in total. The van der Waals surface area contributed by atoms with E-state index in [-0.39, 0.29) is 29.5 Å². The Kier molecular flexibility index (Phi) is 9.00. The highest BCUT2D eigenvalue weighted by Crippen LogP contribution is 2.16. The Morgan fingerprint density at radius 2 is 1.59 bits per heavy atom. The van der Waals surface area contributed by atoms with Crippen molar-refractivity contribution in [3.05, 3.63) is 35.9 Å². The lowest BCUT2D eigenvalue weighted by Gasteiger charge is -2.30. The first-order chi connectivity index (χ1) is 9.73. The molecule has 22 heavy (non-hydrogen) atoms. The Bertz CT molecular complexity index is 445. The summed E-state index contributed by atoms with van der Waals surface area (Å²) in [6.07, 6.45) is 0. The van der Waals surface area contributed by atoms with Crippen molar-refractivity contribution < 1.29 is 0 Å². The van der Waals surface area contributed by atoms with E-state index in [9.17, 15) is 0 Å². The Labute approximate surface area is 153 Å². The van der Waals surface area contributed by atoms with Gasteiger partial charge in [-0.05, 0) is 26.3 Å². The normalized spacial score (nSPS) is 12.1. The van der Waals surface area contributed by atoms with Gasteiger partial charge in [-0.25, -0.2) is 0 Å².